The summed E-state index contributed by atoms with van der Waals surface area (Å²) in [5.74, 6) is -0.441. The molecular weight excluding hydrogens is 321 g/mol. The number of hydrogen-bond donors (Lipinski definition) is 3. The van der Waals surface area contributed by atoms with E-state index in [-0.39, 0.29) is 24.1 Å². The van der Waals surface area contributed by atoms with Gasteiger partial charge in [0.15, 0.2) is 5.84 Å². The zero-order chi connectivity index (χ0) is 18.2. The maximum atomic E-state index is 13.1. The Kier molecular flexibility index (Phi) is 6.11. The summed E-state index contributed by atoms with van der Waals surface area (Å²) in [5, 5.41) is 10.1. The molecule has 0 fully saturated rings. The van der Waals surface area contributed by atoms with E-state index in [1.54, 1.807) is 25.2 Å². The van der Waals surface area contributed by atoms with Crippen LogP contribution in [0.25, 0.3) is 11.1 Å². The largest absolute Gasteiger partial charge is 0.348 e. The molecule has 2 aromatic rings. The van der Waals surface area contributed by atoms with Crippen molar-refractivity contribution in [1.29, 1.82) is 5.53 Å². The molecule has 2 aromatic carbocycles. The van der Waals surface area contributed by atoms with Crippen LogP contribution < -0.4 is 10.7 Å². The molecule has 0 heterocycles. The van der Waals surface area contributed by atoms with Crippen LogP contribution in [-0.2, 0) is 11.3 Å². The van der Waals surface area contributed by atoms with Gasteiger partial charge in [-0.05, 0) is 41.0 Å². The van der Waals surface area contributed by atoms with Gasteiger partial charge in [0, 0.05) is 19.2 Å². The van der Waals surface area contributed by atoms with Crippen molar-refractivity contribution in [3.8, 4) is 11.1 Å². The summed E-state index contributed by atoms with van der Waals surface area (Å²) in [6, 6.07) is 11.6. The van der Waals surface area contributed by atoms with Gasteiger partial charge in [-0.2, -0.15) is 5.10 Å². The first kappa shape index (κ1) is 18.0. The van der Waals surface area contributed by atoms with E-state index < -0.39 is 0 Å². The average molecular weight is 339 g/mol. The lowest BCUT2D eigenvalue weighted by Crippen LogP contribution is -2.21. The summed E-state index contributed by atoms with van der Waals surface area (Å²) < 4.78 is 13.1. The molecule has 0 unspecified atom stereocenters. The molecule has 0 bridgehead atoms. The highest BCUT2D eigenvalue weighted by Crippen LogP contribution is 2.24. The standard InChI is InChI=1S/C18H18FN5O/c1-3-17(25)22-11-14-5-4-13(12-6-8-15(19)9-7-12)10-16(14)18(23-20)24-21-2/h3-10,20-21H,1,11H2,2H3,(H,22,25)/b23-20?,24-18-. The normalized spacial score (nSPS) is 10.9. The van der Waals surface area contributed by atoms with E-state index in [0.29, 0.717) is 5.56 Å². The third-order valence-electron chi connectivity index (χ3n) is 3.49. The average Bonchev–Trinajstić information content (AvgIpc) is 2.64. The molecule has 3 N–H and O–H groups in total. The number of nitrogens with zero attached hydrogens (tertiary/aromatic N) is 2. The molecule has 0 aliphatic rings. The highest BCUT2D eigenvalue weighted by molar-refractivity contribution is 6.01. The molecule has 0 aliphatic heterocycles. The molecule has 6 nitrogen and oxygen atoms in total. The van der Waals surface area contributed by atoms with E-state index in [0.717, 1.165) is 16.7 Å². The van der Waals surface area contributed by atoms with Gasteiger partial charge in [0.1, 0.15) is 5.82 Å². The van der Waals surface area contributed by atoms with E-state index in [2.05, 4.69) is 27.5 Å². The maximum absolute atomic E-state index is 13.1. The van der Waals surface area contributed by atoms with Crippen molar-refractivity contribution in [2.24, 2.45) is 10.2 Å². The molecule has 0 saturated heterocycles. The van der Waals surface area contributed by atoms with Crippen LogP contribution in [0.1, 0.15) is 11.1 Å². The summed E-state index contributed by atoms with van der Waals surface area (Å²) in [6.45, 7) is 3.65. The number of hydrogen-bond acceptors (Lipinski definition) is 4. The number of carbonyl (C=O) groups excluding carboxylic acids is 1. The minimum Gasteiger partial charge on any atom is -0.348 e. The van der Waals surface area contributed by atoms with Crippen LogP contribution in [0.2, 0.25) is 0 Å². The second-order valence-corrected chi connectivity index (χ2v) is 5.07. The molecule has 2 rings (SSSR count). The molecule has 0 atom stereocenters. The minimum absolute atomic E-state index is 0.175. The molecule has 0 spiro atoms. The Labute approximate surface area is 145 Å². The molecule has 0 aliphatic carbocycles. The molecule has 7 heteroatoms. The zero-order valence-electron chi connectivity index (χ0n) is 13.7. The topological polar surface area (TPSA) is 89.7 Å². The lowest BCUT2D eigenvalue weighted by atomic mass is 9.98. The second kappa shape index (κ2) is 8.49. The number of rotatable bonds is 6. The summed E-state index contributed by atoms with van der Waals surface area (Å²) in [4.78, 5) is 11.4. The molecule has 25 heavy (non-hydrogen) atoms. The zero-order valence-corrected chi connectivity index (χ0v) is 13.7. The predicted octanol–water partition coefficient (Wildman–Crippen LogP) is 3.21. The van der Waals surface area contributed by atoms with Gasteiger partial charge in [0.25, 0.3) is 0 Å². The van der Waals surface area contributed by atoms with Gasteiger partial charge in [0.2, 0.25) is 5.91 Å². The monoisotopic (exact) mass is 339 g/mol. The number of nitrogens with one attached hydrogen (secondary N) is 3. The van der Waals surface area contributed by atoms with Gasteiger partial charge < -0.3 is 10.7 Å². The third kappa shape index (κ3) is 4.57. The second-order valence-electron chi connectivity index (χ2n) is 5.07. The number of amides is 1. The summed E-state index contributed by atoms with van der Waals surface area (Å²) in [6.07, 6.45) is 1.18. The van der Waals surface area contributed by atoms with Crippen LogP contribution in [0.3, 0.4) is 0 Å². The first-order valence-electron chi connectivity index (χ1n) is 7.50. The molecular formula is C18H18FN5O. The fourth-order valence-corrected chi connectivity index (χ4v) is 2.27. The van der Waals surface area contributed by atoms with Crippen LogP contribution >= 0.6 is 0 Å². The van der Waals surface area contributed by atoms with E-state index >= 15 is 0 Å². The van der Waals surface area contributed by atoms with Gasteiger partial charge in [-0.25, -0.2) is 9.92 Å². The third-order valence-corrected chi connectivity index (χ3v) is 3.49. The van der Waals surface area contributed by atoms with E-state index in [4.69, 9.17) is 5.53 Å². The lowest BCUT2D eigenvalue weighted by molar-refractivity contribution is -0.116. The van der Waals surface area contributed by atoms with Gasteiger partial charge in [-0.3, -0.25) is 4.79 Å². The van der Waals surface area contributed by atoms with Crippen molar-refractivity contribution in [3.63, 3.8) is 0 Å². The van der Waals surface area contributed by atoms with Crippen molar-refractivity contribution in [2.45, 2.75) is 6.54 Å². The molecule has 0 radical (unpaired) electrons. The van der Waals surface area contributed by atoms with Crippen molar-refractivity contribution in [2.75, 3.05) is 7.05 Å². The summed E-state index contributed by atoms with van der Waals surface area (Å²) in [5.41, 5.74) is 12.9. The van der Waals surface area contributed by atoms with Crippen LogP contribution in [0.5, 0.6) is 0 Å². The van der Waals surface area contributed by atoms with Crippen molar-refractivity contribution >= 4 is 11.7 Å². The Hall–Kier alpha value is -3.35. The fraction of sp³-hybridized carbons (Fsp3) is 0.111. The Morgan fingerprint density at radius 2 is 1.92 bits per heavy atom. The van der Waals surface area contributed by atoms with Crippen LogP contribution in [-0.4, -0.2) is 18.8 Å². The SMILES string of the molecule is C=CC(=O)NCc1ccc(-c2ccc(F)cc2)cc1/C(N=N)=N/NC. The summed E-state index contributed by atoms with van der Waals surface area (Å²) in [7, 11) is 1.61. The molecule has 0 saturated carbocycles. The van der Waals surface area contributed by atoms with Crippen molar-refractivity contribution < 1.29 is 9.18 Å². The Morgan fingerprint density at radius 1 is 1.24 bits per heavy atom. The molecule has 0 aromatic heterocycles. The smallest absolute Gasteiger partial charge is 0.243 e. The van der Waals surface area contributed by atoms with Crippen LogP contribution in [0, 0.1) is 11.3 Å². The first-order valence-corrected chi connectivity index (χ1v) is 7.50. The minimum atomic E-state index is -0.314. The fourth-order valence-electron chi connectivity index (χ4n) is 2.27. The quantitative estimate of drug-likeness (QED) is 0.248. The number of benzene rings is 2. The Bertz CT molecular complexity index is 815. The van der Waals surface area contributed by atoms with Crippen LogP contribution in [0.4, 0.5) is 4.39 Å². The maximum Gasteiger partial charge on any atom is 0.243 e. The van der Waals surface area contributed by atoms with E-state index in [9.17, 15) is 9.18 Å². The Balaban J connectivity index is 2.47. The number of halogens is 1. The van der Waals surface area contributed by atoms with E-state index in [1.807, 2.05) is 12.1 Å². The Morgan fingerprint density at radius 3 is 2.52 bits per heavy atom. The molecule has 128 valence electrons. The predicted molar refractivity (Wildman–Crippen MR) is 94.6 cm³/mol. The first-order chi connectivity index (χ1) is 12.1. The van der Waals surface area contributed by atoms with Crippen molar-refractivity contribution in [3.05, 3.63) is 72.1 Å². The molecule has 1 amide bonds. The van der Waals surface area contributed by atoms with Gasteiger partial charge in [0.05, 0.1) is 0 Å². The number of carbonyl (C=O) groups is 1. The highest BCUT2D eigenvalue weighted by atomic mass is 19.1. The number of amidine groups is 1. The number of hydrazone groups is 1. The lowest BCUT2D eigenvalue weighted by Gasteiger charge is -2.12. The van der Waals surface area contributed by atoms with Crippen LogP contribution in [0.15, 0.2) is 65.3 Å². The van der Waals surface area contributed by atoms with Gasteiger partial charge >= 0.3 is 0 Å². The van der Waals surface area contributed by atoms with Gasteiger partial charge in [-0.15, -0.1) is 5.11 Å². The van der Waals surface area contributed by atoms with E-state index in [1.165, 1.54) is 18.2 Å². The van der Waals surface area contributed by atoms with Gasteiger partial charge in [-0.1, -0.05) is 30.8 Å². The van der Waals surface area contributed by atoms with Crippen molar-refractivity contribution in [1.82, 2.24) is 10.7 Å². The highest BCUT2D eigenvalue weighted by Gasteiger charge is 2.12. The summed E-state index contributed by atoms with van der Waals surface area (Å²) >= 11 is 0.